The van der Waals surface area contributed by atoms with Gasteiger partial charge in [0.15, 0.2) is 0 Å². The van der Waals surface area contributed by atoms with E-state index in [4.69, 9.17) is 11.1 Å². The van der Waals surface area contributed by atoms with Crippen LogP contribution in [0.3, 0.4) is 0 Å². The first-order chi connectivity index (χ1) is 13.8. The zero-order chi connectivity index (χ0) is 20.9. The third-order valence-electron chi connectivity index (χ3n) is 4.88. The molecule has 9 heteroatoms. The van der Waals surface area contributed by atoms with Gasteiger partial charge in [0.1, 0.15) is 15.6 Å². The van der Waals surface area contributed by atoms with Crippen molar-refractivity contribution in [1.29, 1.82) is 5.41 Å². The smallest absolute Gasteiger partial charge is 0.222 e. The molecule has 154 valence electrons. The Morgan fingerprint density at radius 2 is 1.86 bits per heavy atom. The summed E-state index contributed by atoms with van der Waals surface area (Å²) in [5, 5.41) is 10.4. The second-order valence-electron chi connectivity index (χ2n) is 7.31. The van der Waals surface area contributed by atoms with E-state index in [0.717, 1.165) is 16.7 Å². The number of carbonyl (C=O) groups excluding carboxylic acids is 1. The molecule has 8 nitrogen and oxygen atoms in total. The van der Waals surface area contributed by atoms with E-state index in [-0.39, 0.29) is 35.6 Å². The molecule has 0 saturated carbocycles. The molecule has 1 aliphatic heterocycles. The molecule has 4 N–H and O–H groups in total. The van der Waals surface area contributed by atoms with Gasteiger partial charge in [-0.3, -0.25) is 10.2 Å². The van der Waals surface area contributed by atoms with Crippen LogP contribution in [0.2, 0.25) is 0 Å². The number of nitrogens with two attached hydrogens (primary N) is 1. The van der Waals surface area contributed by atoms with Crippen molar-refractivity contribution in [1.82, 2.24) is 9.97 Å². The summed E-state index contributed by atoms with van der Waals surface area (Å²) in [5.74, 6) is 0.736. The molecular formula is C20H25N5O3S. The fraction of sp³-hybridized carbons (Fsp3) is 0.400. The van der Waals surface area contributed by atoms with Crippen LogP contribution in [0.4, 0.5) is 5.95 Å². The van der Waals surface area contributed by atoms with E-state index in [1.165, 1.54) is 0 Å². The average molecular weight is 416 g/mol. The SMILES string of the molecule is N=C(N)CC(=O)CCc1cccc(-c2cnc(NC3CCS(=O)(=O)CC3)nc2)c1. The third-order valence-corrected chi connectivity index (χ3v) is 6.60. The monoisotopic (exact) mass is 415 g/mol. The number of carbonyl (C=O) groups is 1. The lowest BCUT2D eigenvalue weighted by molar-refractivity contribution is -0.117. The van der Waals surface area contributed by atoms with Crippen LogP contribution in [-0.2, 0) is 21.1 Å². The molecule has 29 heavy (non-hydrogen) atoms. The number of ketones is 1. The van der Waals surface area contributed by atoms with Crippen LogP contribution in [0.25, 0.3) is 11.1 Å². The molecule has 0 amide bonds. The Kier molecular flexibility index (Phi) is 6.58. The van der Waals surface area contributed by atoms with E-state index in [2.05, 4.69) is 15.3 Å². The summed E-state index contributed by atoms with van der Waals surface area (Å²) in [6.07, 6.45) is 5.53. The van der Waals surface area contributed by atoms with Gasteiger partial charge in [0, 0.05) is 30.4 Å². The van der Waals surface area contributed by atoms with Gasteiger partial charge in [0.25, 0.3) is 0 Å². The predicted octanol–water partition coefficient (Wildman–Crippen LogP) is 1.96. The largest absolute Gasteiger partial charge is 0.387 e. The molecule has 0 aliphatic carbocycles. The van der Waals surface area contributed by atoms with Gasteiger partial charge in [-0.15, -0.1) is 0 Å². The topological polar surface area (TPSA) is 139 Å². The van der Waals surface area contributed by atoms with Gasteiger partial charge >= 0.3 is 0 Å². The maximum atomic E-state index is 11.7. The highest BCUT2D eigenvalue weighted by molar-refractivity contribution is 7.91. The minimum Gasteiger partial charge on any atom is -0.387 e. The van der Waals surface area contributed by atoms with Crippen molar-refractivity contribution < 1.29 is 13.2 Å². The van der Waals surface area contributed by atoms with Gasteiger partial charge < -0.3 is 11.1 Å². The molecule has 1 aromatic heterocycles. The molecule has 0 bridgehead atoms. The summed E-state index contributed by atoms with van der Waals surface area (Å²) in [6, 6.07) is 7.91. The maximum Gasteiger partial charge on any atom is 0.222 e. The molecular weight excluding hydrogens is 390 g/mol. The molecule has 0 radical (unpaired) electrons. The number of rotatable bonds is 8. The van der Waals surface area contributed by atoms with Crippen LogP contribution in [-0.4, -0.2) is 47.6 Å². The summed E-state index contributed by atoms with van der Waals surface area (Å²) < 4.78 is 23.0. The van der Waals surface area contributed by atoms with Gasteiger partial charge in [0.2, 0.25) is 5.95 Å². The van der Waals surface area contributed by atoms with Crippen molar-refractivity contribution in [2.45, 2.75) is 38.1 Å². The first kappa shape index (κ1) is 20.9. The van der Waals surface area contributed by atoms with E-state index < -0.39 is 9.84 Å². The fourth-order valence-electron chi connectivity index (χ4n) is 3.26. The highest BCUT2D eigenvalue weighted by Crippen LogP contribution is 2.21. The molecule has 2 aromatic rings. The fourth-order valence-corrected chi connectivity index (χ4v) is 4.75. The van der Waals surface area contributed by atoms with E-state index >= 15 is 0 Å². The van der Waals surface area contributed by atoms with Crippen LogP contribution in [0.15, 0.2) is 36.7 Å². The summed E-state index contributed by atoms with van der Waals surface area (Å²) >= 11 is 0. The van der Waals surface area contributed by atoms with Crippen LogP contribution in [0.1, 0.15) is 31.2 Å². The van der Waals surface area contributed by atoms with Crippen molar-refractivity contribution in [3.63, 3.8) is 0 Å². The summed E-state index contributed by atoms with van der Waals surface area (Å²) in [7, 11) is -2.89. The quantitative estimate of drug-likeness (QED) is 0.442. The maximum absolute atomic E-state index is 11.7. The number of amidine groups is 1. The van der Waals surface area contributed by atoms with E-state index in [1.807, 2.05) is 24.3 Å². The summed E-state index contributed by atoms with van der Waals surface area (Å²) in [6.45, 7) is 0. The lowest BCUT2D eigenvalue weighted by Gasteiger charge is -2.22. The lowest BCUT2D eigenvalue weighted by Crippen LogP contribution is -2.32. The van der Waals surface area contributed by atoms with Crippen LogP contribution >= 0.6 is 0 Å². The molecule has 2 heterocycles. The van der Waals surface area contributed by atoms with E-state index in [9.17, 15) is 13.2 Å². The number of nitrogens with zero attached hydrogens (tertiary/aromatic N) is 2. The standard InChI is InChI=1S/C20H25N5O3S/c21-19(22)11-18(26)5-4-14-2-1-3-15(10-14)16-12-23-20(24-13-16)25-17-6-8-29(27,28)9-7-17/h1-3,10,12-13,17H,4-9,11H2,(H3,21,22)(H,23,24,25). The molecule has 0 atom stereocenters. The van der Waals surface area contributed by atoms with Gasteiger partial charge in [0.05, 0.1) is 23.8 Å². The molecule has 0 unspecified atom stereocenters. The Morgan fingerprint density at radius 3 is 2.52 bits per heavy atom. The molecule has 0 spiro atoms. The van der Waals surface area contributed by atoms with Crippen molar-refractivity contribution in [3.05, 3.63) is 42.2 Å². The second kappa shape index (κ2) is 9.13. The van der Waals surface area contributed by atoms with E-state index in [1.54, 1.807) is 12.4 Å². The number of benzene rings is 1. The van der Waals surface area contributed by atoms with Crippen LogP contribution in [0, 0.1) is 5.41 Å². The normalized spacial score (nSPS) is 16.3. The van der Waals surface area contributed by atoms with Gasteiger partial charge in [-0.2, -0.15) is 0 Å². The number of sulfone groups is 1. The minimum absolute atomic E-state index is 0.00504. The molecule has 3 rings (SSSR count). The van der Waals surface area contributed by atoms with Crippen LogP contribution < -0.4 is 11.1 Å². The van der Waals surface area contributed by atoms with Crippen molar-refractivity contribution in [3.8, 4) is 11.1 Å². The Bertz CT molecular complexity index is 975. The predicted molar refractivity (Wildman–Crippen MR) is 113 cm³/mol. The van der Waals surface area contributed by atoms with Crippen molar-refractivity contribution in [2.75, 3.05) is 16.8 Å². The molecule has 1 saturated heterocycles. The Balaban J connectivity index is 1.59. The first-order valence-corrected chi connectivity index (χ1v) is 11.4. The summed E-state index contributed by atoms with van der Waals surface area (Å²) in [4.78, 5) is 20.5. The number of aryl methyl sites for hydroxylation is 1. The zero-order valence-electron chi connectivity index (χ0n) is 16.1. The Labute approximate surface area is 170 Å². The van der Waals surface area contributed by atoms with E-state index in [0.29, 0.717) is 31.6 Å². The Hall–Kier alpha value is -2.81. The Morgan fingerprint density at radius 1 is 1.17 bits per heavy atom. The van der Waals surface area contributed by atoms with Crippen molar-refractivity contribution in [2.24, 2.45) is 5.73 Å². The van der Waals surface area contributed by atoms with Crippen LogP contribution in [0.5, 0.6) is 0 Å². The summed E-state index contributed by atoms with van der Waals surface area (Å²) in [5.41, 5.74) is 8.10. The average Bonchev–Trinajstić information content (AvgIpc) is 2.68. The highest BCUT2D eigenvalue weighted by Gasteiger charge is 2.23. The first-order valence-electron chi connectivity index (χ1n) is 9.54. The number of nitrogens with one attached hydrogen (secondary N) is 2. The minimum atomic E-state index is -2.89. The number of Topliss-reactive ketones (excluding diaryl/α,β-unsaturated/α-hetero) is 1. The zero-order valence-corrected chi connectivity index (χ0v) is 16.9. The highest BCUT2D eigenvalue weighted by atomic mass is 32.2. The van der Waals surface area contributed by atoms with Gasteiger partial charge in [-0.05, 0) is 30.4 Å². The number of anilines is 1. The molecule has 1 fully saturated rings. The van der Waals surface area contributed by atoms with Gasteiger partial charge in [-0.1, -0.05) is 24.3 Å². The second-order valence-corrected chi connectivity index (χ2v) is 9.61. The number of hydrogen-bond acceptors (Lipinski definition) is 7. The third kappa shape index (κ3) is 6.35. The number of hydrogen-bond donors (Lipinski definition) is 3. The molecule has 1 aromatic carbocycles. The molecule has 1 aliphatic rings. The van der Waals surface area contributed by atoms with Gasteiger partial charge in [-0.25, -0.2) is 18.4 Å². The van der Waals surface area contributed by atoms with Crippen molar-refractivity contribution >= 4 is 27.4 Å². The number of aromatic nitrogens is 2. The lowest BCUT2D eigenvalue weighted by atomic mass is 10.0.